The quantitative estimate of drug-likeness (QED) is 0.793. The maximum atomic E-state index is 6.80. The Bertz CT molecular complexity index is 402. The normalized spacial score (nSPS) is 14.6. The van der Waals surface area contributed by atoms with Crippen LogP contribution in [-0.2, 0) is 5.54 Å². The number of rotatable bonds is 8. The van der Waals surface area contributed by atoms with Crippen molar-refractivity contribution in [3.8, 4) is 5.75 Å². The summed E-state index contributed by atoms with van der Waals surface area (Å²) in [5.41, 5.74) is 7.64. The molecule has 0 radical (unpaired) electrons. The fourth-order valence-electron chi connectivity index (χ4n) is 2.78. The maximum absolute atomic E-state index is 6.80. The second kappa shape index (κ2) is 7.65. The van der Waals surface area contributed by atoms with E-state index in [2.05, 4.69) is 44.7 Å². The van der Waals surface area contributed by atoms with Gasteiger partial charge in [0.2, 0.25) is 0 Å². The number of hydrogen-bond donors (Lipinski definition) is 1. The Morgan fingerprint density at radius 2 is 1.90 bits per heavy atom. The van der Waals surface area contributed by atoms with Crippen molar-refractivity contribution in [1.29, 1.82) is 0 Å². The van der Waals surface area contributed by atoms with Crippen molar-refractivity contribution in [1.82, 2.24) is 4.90 Å². The summed E-state index contributed by atoms with van der Waals surface area (Å²) in [4.78, 5) is 2.39. The lowest BCUT2D eigenvalue weighted by Crippen LogP contribution is -2.48. The second-order valence-electron chi connectivity index (χ2n) is 5.95. The first-order chi connectivity index (χ1) is 9.45. The third-order valence-corrected chi connectivity index (χ3v) is 3.82. The molecule has 0 saturated carbocycles. The van der Waals surface area contributed by atoms with Gasteiger partial charge >= 0.3 is 0 Å². The van der Waals surface area contributed by atoms with Crippen LogP contribution in [0.1, 0.15) is 39.7 Å². The average molecular weight is 278 g/mol. The molecule has 20 heavy (non-hydrogen) atoms. The van der Waals surface area contributed by atoms with E-state index in [9.17, 15) is 0 Å². The van der Waals surface area contributed by atoms with Crippen LogP contribution in [0.25, 0.3) is 0 Å². The molecule has 0 amide bonds. The van der Waals surface area contributed by atoms with E-state index in [0.717, 1.165) is 37.4 Å². The zero-order chi connectivity index (χ0) is 15.2. The van der Waals surface area contributed by atoms with Crippen molar-refractivity contribution < 1.29 is 4.74 Å². The molecule has 1 aromatic carbocycles. The number of hydrogen-bond acceptors (Lipinski definition) is 3. The monoisotopic (exact) mass is 278 g/mol. The van der Waals surface area contributed by atoms with Crippen LogP contribution in [0.15, 0.2) is 24.3 Å². The lowest BCUT2D eigenvalue weighted by Gasteiger charge is -2.36. The van der Waals surface area contributed by atoms with Gasteiger partial charge in [0.25, 0.3) is 0 Å². The molecule has 0 heterocycles. The van der Waals surface area contributed by atoms with Crippen molar-refractivity contribution in [3.05, 3.63) is 29.8 Å². The van der Waals surface area contributed by atoms with E-state index in [1.807, 2.05) is 12.1 Å². The molecule has 0 spiro atoms. The summed E-state index contributed by atoms with van der Waals surface area (Å²) in [6, 6.07) is 8.19. The lowest BCUT2D eigenvalue weighted by atomic mass is 9.82. The average Bonchev–Trinajstić information content (AvgIpc) is 2.44. The summed E-state index contributed by atoms with van der Waals surface area (Å²) >= 11 is 0. The molecule has 3 nitrogen and oxygen atoms in total. The van der Waals surface area contributed by atoms with Crippen molar-refractivity contribution in [3.63, 3.8) is 0 Å². The molecule has 0 aliphatic rings. The van der Waals surface area contributed by atoms with Crippen LogP contribution >= 0.6 is 0 Å². The summed E-state index contributed by atoms with van der Waals surface area (Å²) in [5, 5.41) is 0. The predicted molar refractivity (Wildman–Crippen MR) is 86.1 cm³/mol. The number of methoxy groups -OCH3 is 1. The standard InChI is InChI=1S/C17H30N2O/c1-6-19(7-2)13-17(18,12-14(3)4)15-9-8-10-16(11-15)20-5/h8-11,14H,6-7,12-13,18H2,1-5H3. The van der Waals surface area contributed by atoms with Crippen molar-refractivity contribution in [2.45, 2.75) is 39.7 Å². The molecule has 1 rings (SSSR count). The van der Waals surface area contributed by atoms with E-state index >= 15 is 0 Å². The van der Waals surface area contributed by atoms with Gasteiger partial charge in [-0.15, -0.1) is 0 Å². The van der Waals surface area contributed by atoms with Crippen LogP contribution in [0.5, 0.6) is 5.75 Å². The highest BCUT2D eigenvalue weighted by Gasteiger charge is 2.30. The summed E-state index contributed by atoms with van der Waals surface area (Å²) in [6.45, 7) is 11.8. The highest BCUT2D eigenvalue weighted by atomic mass is 16.5. The summed E-state index contributed by atoms with van der Waals surface area (Å²) < 4.78 is 5.34. The number of likely N-dealkylation sites (N-methyl/N-ethyl adjacent to an activating group) is 1. The zero-order valence-electron chi connectivity index (χ0n) is 13.6. The third kappa shape index (κ3) is 4.50. The Morgan fingerprint density at radius 1 is 1.25 bits per heavy atom. The molecule has 1 atom stereocenters. The van der Waals surface area contributed by atoms with Gasteiger partial charge in [-0.25, -0.2) is 0 Å². The largest absolute Gasteiger partial charge is 0.497 e. The van der Waals surface area contributed by atoms with Gasteiger partial charge in [-0.3, -0.25) is 0 Å². The molecule has 1 unspecified atom stereocenters. The number of ether oxygens (including phenoxy) is 1. The van der Waals surface area contributed by atoms with Gasteiger partial charge in [-0.05, 0) is 43.1 Å². The van der Waals surface area contributed by atoms with E-state index in [0.29, 0.717) is 5.92 Å². The molecule has 114 valence electrons. The van der Waals surface area contributed by atoms with Crippen molar-refractivity contribution in [2.24, 2.45) is 11.7 Å². The zero-order valence-corrected chi connectivity index (χ0v) is 13.6. The fourth-order valence-corrected chi connectivity index (χ4v) is 2.78. The minimum absolute atomic E-state index is 0.325. The first kappa shape index (κ1) is 17.0. The van der Waals surface area contributed by atoms with Gasteiger partial charge in [0.1, 0.15) is 5.75 Å². The Labute approximate surface area is 124 Å². The summed E-state index contributed by atoms with van der Waals surface area (Å²) in [6.07, 6.45) is 0.969. The van der Waals surface area contributed by atoms with Gasteiger partial charge < -0.3 is 15.4 Å². The predicted octanol–water partition coefficient (Wildman–Crippen LogP) is 3.24. The van der Waals surface area contributed by atoms with Crippen molar-refractivity contribution >= 4 is 0 Å². The van der Waals surface area contributed by atoms with Crippen molar-refractivity contribution in [2.75, 3.05) is 26.7 Å². The van der Waals surface area contributed by atoms with Gasteiger partial charge in [-0.2, -0.15) is 0 Å². The summed E-state index contributed by atoms with van der Waals surface area (Å²) in [5.74, 6) is 1.43. The van der Waals surface area contributed by atoms with Crippen LogP contribution in [0, 0.1) is 5.92 Å². The molecule has 0 saturated heterocycles. The van der Waals surface area contributed by atoms with E-state index < -0.39 is 0 Å². The lowest BCUT2D eigenvalue weighted by molar-refractivity contribution is 0.202. The molecule has 0 aliphatic carbocycles. The number of nitrogens with two attached hydrogens (primary N) is 1. The Hall–Kier alpha value is -1.06. The van der Waals surface area contributed by atoms with Crippen LogP contribution in [0.3, 0.4) is 0 Å². The first-order valence-electron chi connectivity index (χ1n) is 7.61. The fraction of sp³-hybridized carbons (Fsp3) is 0.647. The Kier molecular flexibility index (Phi) is 6.50. The van der Waals surface area contributed by atoms with Gasteiger partial charge in [-0.1, -0.05) is 39.8 Å². The molecule has 0 bridgehead atoms. The van der Waals surface area contributed by atoms with E-state index in [1.165, 1.54) is 0 Å². The first-order valence-corrected chi connectivity index (χ1v) is 7.61. The van der Waals surface area contributed by atoms with Crippen LogP contribution in [-0.4, -0.2) is 31.6 Å². The Morgan fingerprint density at radius 3 is 2.40 bits per heavy atom. The van der Waals surface area contributed by atoms with Crippen LogP contribution < -0.4 is 10.5 Å². The molecular formula is C17H30N2O. The SMILES string of the molecule is CCN(CC)CC(N)(CC(C)C)c1cccc(OC)c1. The van der Waals surface area contributed by atoms with E-state index in [-0.39, 0.29) is 5.54 Å². The highest BCUT2D eigenvalue weighted by molar-refractivity contribution is 5.33. The topological polar surface area (TPSA) is 38.5 Å². The molecule has 1 aromatic rings. The molecule has 0 fully saturated rings. The van der Waals surface area contributed by atoms with E-state index in [1.54, 1.807) is 7.11 Å². The molecule has 3 heteroatoms. The number of nitrogens with zero attached hydrogens (tertiary/aromatic N) is 1. The Balaban J connectivity index is 3.08. The highest BCUT2D eigenvalue weighted by Crippen LogP contribution is 2.29. The van der Waals surface area contributed by atoms with Crippen LogP contribution in [0.4, 0.5) is 0 Å². The minimum Gasteiger partial charge on any atom is -0.497 e. The molecular weight excluding hydrogens is 248 g/mol. The molecule has 0 aromatic heterocycles. The molecule has 2 N–H and O–H groups in total. The maximum Gasteiger partial charge on any atom is 0.119 e. The second-order valence-corrected chi connectivity index (χ2v) is 5.95. The van der Waals surface area contributed by atoms with Gasteiger partial charge in [0.05, 0.1) is 12.6 Å². The van der Waals surface area contributed by atoms with E-state index in [4.69, 9.17) is 10.5 Å². The number of benzene rings is 1. The van der Waals surface area contributed by atoms with Gasteiger partial charge in [0.15, 0.2) is 0 Å². The summed E-state index contributed by atoms with van der Waals surface area (Å²) in [7, 11) is 1.70. The molecule has 0 aliphatic heterocycles. The third-order valence-electron chi connectivity index (χ3n) is 3.82. The smallest absolute Gasteiger partial charge is 0.119 e. The van der Waals surface area contributed by atoms with Gasteiger partial charge in [0, 0.05) is 6.54 Å². The van der Waals surface area contributed by atoms with Crippen LogP contribution in [0.2, 0.25) is 0 Å². The minimum atomic E-state index is -0.325.